The molecule has 0 aromatic carbocycles. The van der Waals surface area contributed by atoms with Crippen molar-refractivity contribution < 1.29 is 18.3 Å². The zero-order valence-corrected chi connectivity index (χ0v) is 12.7. The third-order valence-electron chi connectivity index (χ3n) is 2.52. The molecule has 1 aromatic heterocycles. The van der Waals surface area contributed by atoms with Gasteiger partial charge in [0.15, 0.2) is 0 Å². The predicted octanol–water partition coefficient (Wildman–Crippen LogP) is -0.655. The molecule has 20 heavy (non-hydrogen) atoms. The first-order valence-corrected chi connectivity index (χ1v) is 7.64. The maximum atomic E-state index is 12.6. The Morgan fingerprint density at radius 1 is 1.55 bits per heavy atom. The first kappa shape index (κ1) is 16.9. The van der Waals surface area contributed by atoms with Gasteiger partial charge in [-0.05, 0) is 12.1 Å². The molecule has 1 aromatic rings. The highest BCUT2D eigenvalue weighted by molar-refractivity contribution is 7.89. The zero-order chi connectivity index (χ0) is 15.2. The second kappa shape index (κ2) is 7.60. The van der Waals surface area contributed by atoms with E-state index in [0.717, 1.165) is 4.31 Å². The number of thiocarbonyl (C=S) groups is 1. The second-order valence-corrected chi connectivity index (χ2v) is 6.18. The molecule has 0 unspecified atom stereocenters. The molecule has 1 heterocycles. The van der Waals surface area contributed by atoms with E-state index < -0.39 is 10.0 Å². The molecule has 0 atom stereocenters. The number of aliphatic hydroxyl groups is 1. The van der Waals surface area contributed by atoms with Crippen LogP contribution in [0.2, 0.25) is 0 Å². The van der Waals surface area contributed by atoms with Crippen molar-refractivity contribution in [1.29, 1.82) is 0 Å². The fraction of sp³-hybridized carbons (Fsp3) is 0.455. The molecule has 0 amide bonds. The molecule has 0 spiro atoms. The molecular formula is C11H17N3O4S2. The van der Waals surface area contributed by atoms with E-state index in [9.17, 15) is 8.42 Å². The van der Waals surface area contributed by atoms with Crippen molar-refractivity contribution in [3.05, 3.63) is 24.0 Å². The number of sulfonamides is 1. The summed E-state index contributed by atoms with van der Waals surface area (Å²) in [4.78, 5) is 3.73. The molecule has 0 aliphatic carbocycles. The molecule has 0 aliphatic heterocycles. The molecular weight excluding hydrogens is 302 g/mol. The molecule has 112 valence electrons. The van der Waals surface area contributed by atoms with Gasteiger partial charge < -0.3 is 15.6 Å². The van der Waals surface area contributed by atoms with Crippen LogP contribution in [0.3, 0.4) is 0 Å². The summed E-state index contributed by atoms with van der Waals surface area (Å²) in [6.45, 7) is -0.0179. The van der Waals surface area contributed by atoms with Gasteiger partial charge in [0.2, 0.25) is 10.0 Å². The lowest BCUT2D eigenvalue weighted by Crippen LogP contribution is -2.37. The lowest BCUT2D eigenvalue weighted by Gasteiger charge is -2.21. The average molecular weight is 319 g/mol. The van der Waals surface area contributed by atoms with Crippen molar-refractivity contribution in [2.75, 3.05) is 33.4 Å². The Balaban J connectivity index is 3.22. The van der Waals surface area contributed by atoms with E-state index >= 15 is 0 Å². The van der Waals surface area contributed by atoms with Crippen LogP contribution in [-0.4, -0.2) is 61.2 Å². The van der Waals surface area contributed by atoms with Crippen LogP contribution < -0.4 is 5.73 Å². The van der Waals surface area contributed by atoms with E-state index in [4.69, 9.17) is 27.8 Å². The maximum Gasteiger partial charge on any atom is 0.245 e. The van der Waals surface area contributed by atoms with E-state index in [0.29, 0.717) is 0 Å². The Morgan fingerprint density at radius 3 is 2.80 bits per heavy atom. The number of nitrogens with two attached hydrogens (primary N) is 1. The van der Waals surface area contributed by atoms with Gasteiger partial charge in [-0.3, -0.25) is 4.98 Å². The number of hydrogen-bond acceptors (Lipinski definition) is 6. The fourth-order valence-corrected chi connectivity index (χ4v) is 3.38. The molecule has 3 N–H and O–H groups in total. The summed E-state index contributed by atoms with van der Waals surface area (Å²) < 4.78 is 31.1. The minimum atomic E-state index is -3.85. The number of aliphatic hydroxyl groups excluding tert-OH is 1. The van der Waals surface area contributed by atoms with Crippen LogP contribution in [0.5, 0.6) is 0 Å². The third kappa shape index (κ3) is 3.93. The fourth-order valence-electron chi connectivity index (χ4n) is 1.58. The lowest BCUT2D eigenvalue weighted by molar-refractivity contribution is 0.168. The number of pyridine rings is 1. The van der Waals surface area contributed by atoms with E-state index in [1.54, 1.807) is 0 Å². The van der Waals surface area contributed by atoms with Crippen LogP contribution in [0.15, 0.2) is 23.2 Å². The van der Waals surface area contributed by atoms with Gasteiger partial charge in [-0.1, -0.05) is 12.2 Å². The summed E-state index contributed by atoms with van der Waals surface area (Å²) in [6.07, 6.45) is 1.42. The highest BCUT2D eigenvalue weighted by Crippen LogP contribution is 2.18. The van der Waals surface area contributed by atoms with Gasteiger partial charge in [0.25, 0.3) is 0 Å². The Hall–Kier alpha value is -1.13. The molecule has 9 heteroatoms. The monoisotopic (exact) mass is 319 g/mol. The summed E-state index contributed by atoms with van der Waals surface area (Å²) in [5.41, 5.74) is 5.54. The SMILES string of the molecule is COCCN(CCO)S(=O)(=O)c1cccnc1C(N)=S. The quantitative estimate of drug-likeness (QED) is 0.613. The van der Waals surface area contributed by atoms with Crippen LogP contribution >= 0.6 is 12.2 Å². The van der Waals surface area contributed by atoms with E-state index in [1.165, 1.54) is 25.4 Å². The van der Waals surface area contributed by atoms with Crippen LogP contribution in [0.1, 0.15) is 5.69 Å². The maximum absolute atomic E-state index is 12.6. The van der Waals surface area contributed by atoms with Gasteiger partial charge in [0.05, 0.1) is 13.2 Å². The Bertz CT molecular complexity index is 563. The number of aromatic nitrogens is 1. The van der Waals surface area contributed by atoms with Crippen molar-refractivity contribution in [2.24, 2.45) is 5.73 Å². The lowest BCUT2D eigenvalue weighted by atomic mass is 10.3. The largest absolute Gasteiger partial charge is 0.395 e. The van der Waals surface area contributed by atoms with Gasteiger partial charge >= 0.3 is 0 Å². The van der Waals surface area contributed by atoms with Crippen molar-refractivity contribution in [2.45, 2.75) is 4.90 Å². The van der Waals surface area contributed by atoms with Crippen LogP contribution in [0.4, 0.5) is 0 Å². The topological polar surface area (TPSA) is 106 Å². The van der Waals surface area contributed by atoms with Gasteiger partial charge in [0.1, 0.15) is 15.6 Å². The molecule has 0 aliphatic rings. The summed E-state index contributed by atoms with van der Waals surface area (Å²) in [5.74, 6) is 0. The number of nitrogens with zero attached hydrogens (tertiary/aromatic N) is 2. The van der Waals surface area contributed by atoms with Gasteiger partial charge in [-0.2, -0.15) is 4.31 Å². The van der Waals surface area contributed by atoms with Crippen LogP contribution in [-0.2, 0) is 14.8 Å². The van der Waals surface area contributed by atoms with Gasteiger partial charge in [-0.15, -0.1) is 0 Å². The first-order chi connectivity index (χ1) is 9.45. The van der Waals surface area contributed by atoms with E-state index in [2.05, 4.69) is 4.98 Å². The van der Waals surface area contributed by atoms with Crippen molar-refractivity contribution >= 4 is 27.2 Å². The van der Waals surface area contributed by atoms with Gasteiger partial charge in [0, 0.05) is 26.4 Å². The standard InChI is InChI=1S/C11H17N3O4S2/c1-18-8-6-14(5-7-15)20(16,17)9-3-2-4-13-10(9)11(12)19/h2-4,15H,5-8H2,1H3,(H2,12,19). The van der Waals surface area contributed by atoms with E-state index in [-0.39, 0.29) is 41.9 Å². The summed E-state index contributed by atoms with van der Waals surface area (Å²) in [6, 6.07) is 2.87. The number of rotatable bonds is 8. The van der Waals surface area contributed by atoms with Crippen LogP contribution in [0, 0.1) is 0 Å². The minimum absolute atomic E-state index is 0.0443. The Kier molecular flexibility index (Phi) is 6.43. The minimum Gasteiger partial charge on any atom is -0.395 e. The zero-order valence-electron chi connectivity index (χ0n) is 11.0. The molecule has 0 bridgehead atoms. The third-order valence-corrected chi connectivity index (χ3v) is 4.64. The average Bonchev–Trinajstić information content (AvgIpc) is 2.43. The summed E-state index contributed by atoms with van der Waals surface area (Å²) in [5, 5.41) is 9.01. The van der Waals surface area contributed by atoms with Crippen molar-refractivity contribution in [1.82, 2.24) is 9.29 Å². The Morgan fingerprint density at radius 2 is 2.25 bits per heavy atom. The highest BCUT2D eigenvalue weighted by Gasteiger charge is 2.27. The highest BCUT2D eigenvalue weighted by atomic mass is 32.2. The molecule has 0 saturated carbocycles. The molecule has 7 nitrogen and oxygen atoms in total. The van der Waals surface area contributed by atoms with Crippen LogP contribution in [0.25, 0.3) is 0 Å². The second-order valence-electron chi connectivity index (χ2n) is 3.83. The van der Waals surface area contributed by atoms with Gasteiger partial charge in [-0.25, -0.2) is 8.42 Å². The predicted molar refractivity (Wildman–Crippen MR) is 77.8 cm³/mol. The molecule has 1 rings (SSSR count). The normalized spacial score (nSPS) is 11.8. The molecule has 0 saturated heterocycles. The summed E-state index contributed by atoms with van der Waals surface area (Å²) >= 11 is 4.82. The van der Waals surface area contributed by atoms with E-state index in [1.807, 2.05) is 0 Å². The van der Waals surface area contributed by atoms with Crippen molar-refractivity contribution in [3.8, 4) is 0 Å². The number of methoxy groups -OCH3 is 1. The molecule has 0 fully saturated rings. The Labute approximate surface area is 123 Å². The number of ether oxygens (including phenoxy) is 1. The first-order valence-electron chi connectivity index (χ1n) is 5.80. The molecule has 0 radical (unpaired) electrons. The number of hydrogen-bond donors (Lipinski definition) is 2. The van der Waals surface area contributed by atoms with Crippen molar-refractivity contribution in [3.63, 3.8) is 0 Å². The summed E-state index contributed by atoms with van der Waals surface area (Å²) in [7, 11) is -2.38. The smallest absolute Gasteiger partial charge is 0.245 e.